The Hall–Kier alpha value is -3.23. The van der Waals surface area contributed by atoms with Gasteiger partial charge in [0.15, 0.2) is 5.11 Å². The van der Waals surface area contributed by atoms with Crippen LogP contribution < -0.4 is 5.32 Å². The number of aromatic nitrogens is 2. The smallest absolute Gasteiger partial charge is 0.335 e. The van der Waals surface area contributed by atoms with Gasteiger partial charge in [-0.05, 0) is 67.2 Å². The molecule has 3 N–H and O–H groups in total. The molecule has 30 heavy (non-hydrogen) atoms. The Morgan fingerprint density at radius 2 is 1.93 bits per heavy atom. The van der Waals surface area contributed by atoms with Crippen LogP contribution in [-0.2, 0) is 0 Å². The zero-order valence-electron chi connectivity index (χ0n) is 16.2. The van der Waals surface area contributed by atoms with Crippen LogP contribution in [0.3, 0.4) is 0 Å². The van der Waals surface area contributed by atoms with E-state index in [2.05, 4.69) is 15.2 Å². The Labute approximate surface area is 179 Å². The largest absolute Gasteiger partial charge is 0.478 e. The molecule has 0 unspecified atom stereocenters. The minimum Gasteiger partial charge on any atom is -0.478 e. The summed E-state index contributed by atoms with van der Waals surface area (Å²) in [6.45, 7) is 0.692. The minimum absolute atomic E-state index is 0.0811. The maximum absolute atomic E-state index is 11.2. The second-order valence-electron chi connectivity index (χ2n) is 7.05. The summed E-state index contributed by atoms with van der Waals surface area (Å²) in [4.78, 5) is 17.8. The third-order valence-electron chi connectivity index (χ3n) is 5.23. The normalized spacial score (nSPS) is 18.4. The Bertz CT molecular complexity index is 1040. The summed E-state index contributed by atoms with van der Waals surface area (Å²) in [6, 6.07) is 16.3. The highest BCUT2D eigenvalue weighted by atomic mass is 32.1. The summed E-state index contributed by atoms with van der Waals surface area (Å²) in [6.07, 6.45) is 4.31. The van der Waals surface area contributed by atoms with Crippen molar-refractivity contribution < 1.29 is 15.0 Å². The number of carboxylic acid groups (broad SMARTS) is 1. The van der Waals surface area contributed by atoms with Gasteiger partial charge in [0.25, 0.3) is 0 Å². The molecule has 1 aliphatic rings. The van der Waals surface area contributed by atoms with Crippen molar-refractivity contribution in [2.45, 2.75) is 18.5 Å². The molecule has 4 rings (SSSR count). The van der Waals surface area contributed by atoms with Crippen molar-refractivity contribution in [3.05, 3.63) is 83.9 Å². The van der Waals surface area contributed by atoms with Crippen molar-refractivity contribution in [1.29, 1.82) is 0 Å². The summed E-state index contributed by atoms with van der Waals surface area (Å²) < 4.78 is 2.04. The first-order valence-electron chi connectivity index (χ1n) is 9.70. The standard InChI is InChI=1S/C22H22N4O3S/c27-14-4-13-26-20(19(24-22(26)30)17-5-1-2-11-23-17)18-6-3-12-25(18)16-9-7-15(8-10-16)21(28)29/h1-3,5-12,19-20,27H,4,13-14H2,(H,24,30)(H,28,29)/t19-,20-/m0/s1. The monoisotopic (exact) mass is 422 g/mol. The fourth-order valence-electron chi connectivity index (χ4n) is 3.84. The van der Waals surface area contributed by atoms with E-state index < -0.39 is 5.97 Å². The zero-order valence-corrected chi connectivity index (χ0v) is 17.0. The molecule has 1 fully saturated rings. The summed E-state index contributed by atoms with van der Waals surface area (Å²) in [5.74, 6) is -0.954. The van der Waals surface area contributed by atoms with Crippen molar-refractivity contribution in [3.8, 4) is 5.69 Å². The number of rotatable bonds is 7. The number of aliphatic hydroxyl groups excluding tert-OH is 1. The maximum atomic E-state index is 11.2. The molecular weight excluding hydrogens is 400 g/mol. The van der Waals surface area contributed by atoms with Crippen molar-refractivity contribution in [1.82, 2.24) is 19.8 Å². The number of pyridine rings is 1. The van der Waals surface area contributed by atoms with Gasteiger partial charge in [-0.1, -0.05) is 6.07 Å². The van der Waals surface area contributed by atoms with Crippen LogP contribution in [-0.4, -0.2) is 48.9 Å². The topological polar surface area (TPSA) is 90.6 Å². The Morgan fingerprint density at radius 3 is 2.60 bits per heavy atom. The van der Waals surface area contributed by atoms with Gasteiger partial charge in [-0.15, -0.1) is 0 Å². The molecule has 0 amide bonds. The molecule has 0 aliphatic carbocycles. The molecule has 3 aromatic rings. The summed E-state index contributed by atoms with van der Waals surface area (Å²) in [7, 11) is 0. The van der Waals surface area contributed by atoms with E-state index in [9.17, 15) is 15.0 Å². The SMILES string of the molecule is O=C(O)c1ccc(-n2cccc2[C@H]2[C@H](c3ccccn3)NC(=S)N2CCCO)cc1. The van der Waals surface area contributed by atoms with Gasteiger partial charge in [-0.3, -0.25) is 4.98 Å². The number of hydrogen-bond donors (Lipinski definition) is 3. The fourth-order valence-corrected chi connectivity index (χ4v) is 4.18. The molecule has 1 aliphatic heterocycles. The van der Waals surface area contributed by atoms with E-state index in [0.29, 0.717) is 18.1 Å². The Morgan fingerprint density at radius 1 is 1.13 bits per heavy atom. The van der Waals surface area contributed by atoms with Crippen LogP contribution in [0, 0.1) is 0 Å². The quantitative estimate of drug-likeness (QED) is 0.504. The number of carbonyl (C=O) groups is 1. The van der Waals surface area contributed by atoms with E-state index in [4.69, 9.17) is 12.2 Å². The number of nitrogens with zero attached hydrogens (tertiary/aromatic N) is 3. The van der Waals surface area contributed by atoms with Gasteiger partial charge in [0.05, 0.1) is 23.3 Å². The predicted molar refractivity (Wildman–Crippen MR) is 117 cm³/mol. The number of hydrogen-bond acceptors (Lipinski definition) is 4. The lowest BCUT2D eigenvalue weighted by atomic mass is 10.0. The summed E-state index contributed by atoms with van der Waals surface area (Å²) in [5, 5.41) is 22.6. The highest BCUT2D eigenvalue weighted by Crippen LogP contribution is 2.39. The van der Waals surface area contributed by atoms with Gasteiger partial charge in [-0.25, -0.2) is 4.79 Å². The summed E-state index contributed by atoms with van der Waals surface area (Å²) >= 11 is 5.62. The van der Waals surface area contributed by atoms with Crippen LogP contribution in [0.25, 0.3) is 5.69 Å². The van der Waals surface area contributed by atoms with Crippen LogP contribution in [0.15, 0.2) is 67.0 Å². The van der Waals surface area contributed by atoms with E-state index in [1.165, 1.54) is 0 Å². The van der Waals surface area contributed by atoms with Gasteiger partial charge in [0.1, 0.15) is 0 Å². The Balaban J connectivity index is 1.76. The summed E-state index contributed by atoms with van der Waals surface area (Å²) in [5.41, 5.74) is 2.98. The molecule has 0 spiro atoms. The van der Waals surface area contributed by atoms with Gasteiger partial charge in [-0.2, -0.15) is 0 Å². The second kappa shape index (κ2) is 8.64. The first-order valence-corrected chi connectivity index (χ1v) is 10.1. The average molecular weight is 423 g/mol. The molecule has 1 aromatic carbocycles. The van der Waals surface area contributed by atoms with E-state index >= 15 is 0 Å². The number of thiocarbonyl (C=S) groups is 1. The molecule has 154 valence electrons. The molecule has 3 heterocycles. The van der Waals surface area contributed by atoms with Crippen LogP contribution in [0.2, 0.25) is 0 Å². The van der Waals surface area contributed by atoms with Crippen LogP contribution in [0.4, 0.5) is 0 Å². The minimum atomic E-state index is -0.954. The van der Waals surface area contributed by atoms with Gasteiger partial charge >= 0.3 is 5.97 Å². The van der Waals surface area contributed by atoms with Crippen molar-refractivity contribution in [2.75, 3.05) is 13.2 Å². The van der Waals surface area contributed by atoms with Gasteiger partial charge < -0.3 is 25.0 Å². The second-order valence-corrected chi connectivity index (χ2v) is 7.44. The number of aliphatic hydroxyl groups is 1. The molecule has 7 nitrogen and oxygen atoms in total. The number of nitrogens with one attached hydrogen (secondary N) is 1. The highest BCUT2D eigenvalue weighted by Gasteiger charge is 2.40. The molecule has 2 atom stereocenters. The average Bonchev–Trinajstić information content (AvgIpc) is 3.37. The lowest BCUT2D eigenvalue weighted by Gasteiger charge is -2.28. The van der Waals surface area contributed by atoms with Crippen molar-refractivity contribution in [3.63, 3.8) is 0 Å². The van der Waals surface area contributed by atoms with E-state index in [0.717, 1.165) is 17.1 Å². The lowest BCUT2D eigenvalue weighted by molar-refractivity contribution is 0.0697. The third kappa shape index (κ3) is 3.79. The molecule has 1 saturated heterocycles. The van der Waals surface area contributed by atoms with Crippen LogP contribution >= 0.6 is 12.2 Å². The van der Waals surface area contributed by atoms with E-state index in [1.807, 2.05) is 41.1 Å². The van der Waals surface area contributed by atoms with Gasteiger partial charge in [0, 0.05) is 36.9 Å². The van der Waals surface area contributed by atoms with E-state index in [-0.39, 0.29) is 24.3 Å². The first kappa shape index (κ1) is 20.1. The lowest BCUT2D eigenvalue weighted by Crippen LogP contribution is -2.31. The molecule has 0 bridgehead atoms. The maximum Gasteiger partial charge on any atom is 0.335 e. The highest BCUT2D eigenvalue weighted by molar-refractivity contribution is 7.80. The molecule has 2 aromatic heterocycles. The number of aromatic carboxylic acids is 1. The zero-order chi connectivity index (χ0) is 21.1. The number of carboxylic acids is 1. The molecule has 0 radical (unpaired) electrons. The molecular formula is C22H22N4O3S. The van der Waals surface area contributed by atoms with Crippen LogP contribution in [0.1, 0.15) is 40.3 Å². The first-order chi connectivity index (χ1) is 14.6. The number of benzene rings is 1. The molecule has 8 heteroatoms. The third-order valence-corrected chi connectivity index (χ3v) is 5.58. The van der Waals surface area contributed by atoms with Gasteiger partial charge in [0.2, 0.25) is 0 Å². The van der Waals surface area contributed by atoms with E-state index in [1.54, 1.807) is 30.5 Å². The molecule has 0 saturated carbocycles. The predicted octanol–water partition coefficient (Wildman–Crippen LogP) is 2.93. The van der Waals surface area contributed by atoms with Crippen LogP contribution in [0.5, 0.6) is 0 Å². The fraction of sp³-hybridized carbons (Fsp3) is 0.227. The van der Waals surface area contributed by atoms with Crippen molar-refractivity contribution >= 4 is 23.3 Å². The van der Waals surface area contributed by atoms with Crippen molar-refractivity contribution in [2.24, 2.45) is 0 Å². The Kier molecular flexibility index (Phi) is 5.78.